The molecule has 2 aromatic rings. The highest BCUT2D eigenvalue weighted by molar-refractivity contribution is 6.29. The summed E-state index contributed by atoms with van der Waals surface area (Å²) in [6, 6.07) is 6.91. The number of benzene rings is 1. The van der Waals surface area contributed by atoms with Crippen LogP contribution in [0, 0.1) is 5.92 Å². The molecule has 1 amide bonds. The van der Waals surface area contributed by atoms with Crippen molar-refractivity contribution in [2.45, 2.75) is 19.0 Å². The molecule has 0 unspecified atom stereocenters. The maximum atomic E-state index is 13.3. The zero-order chi connectivity index (χ0) is 22.7. The van der Waals surface area contributed by atoms with Crippen molar-refractivity contribution < 1.29 is 22.7 Å². The molecule has 0 saturated carbocycles. The average molecular weight is 470 g/mol. The number of morpholine rings is 1. The van der Waals surface area contributed by atoms with Gasteiger partial charge in [0.15, 0.2) is 11.0 Å². The molecule has 0 aliphatic carbocycles. The summed E-state index contributed by atoms with van der Waals surface area (Å²) in [4.78, 5) is 16.9. The van der Waals surface area contributed by atoms with Gasteiger partial charge in [0.25, 0.3) is 0 Å². The van der Waals surface area contributed by atoms with Crippen LogP contribution in [0.5, 0.6) is 0 Å². The number of amides is 1. The molecular weight excluding hydrogens is 447 g/mol. The van der Waals surface area contributed by atoms with Gasteiger partial charge in [0.1, 0.15) is 0 Å². The van der Waals surface area contributed by atoms with Crippen LogP contribution < -0.4 is 15.1 Å². The van der Waals surface area contributed by atoms with Gasteiger partial charge in [-0.05, 0) is 43.2 Å². The summed E-state index contributed by atoms with van der Waals surface area (Å²) >= 11 is 5.77. The lowest BCUT2D eigenvalue weighted by atomic mass is 9.95. The van der Waals surface area contributed by atoms with E-state index in [9.17, 15) is 18.0 Å². The number of alkyl halides is 3. The highest BCUT2D eigenvalue weighted by atomic mass is 35.5. The van der Waals surface area contributed by atoms with E-state index in [0.29, 0.717) is 68.9 Å². The van der Waals surface area contributed by atoms with Crippen LogP contribution in [-0.2, 0) is 15.7 Å². The van der Waals surface area contributed by atoms with Gasteiger partial charge in [-0.3, -0.25) is 4.79 Å². The first-order valence-electron chi connectivity index (χ1n) is 10.4. The maximum absolute atomic E-state index is 13.3. The van der Waals surface area contributed by atoms with Gasteiger partial charge in [-0.25, -0.2) is 0 Å². The molecule has 11 heteroatoms. The van der Waals surface area contributed by atoms with E-state index in [2.05, 4.69) is 15.5 Å². The van der Waals surface area contributed by atoms with Gasteiger partial charge in [-0.2, -0.15) is 13.2 Å². The number of rotatable bonds is 4. The zero-order valence-electron chi connectivity index (χ0n) is 17.2. The quantitative estimate of drug-likeness (QED) is 0.733. The van der Waals surface area contributed by atoms with Crippen molar-refractivity contribution in [3.8, 4) is 0 Å². The molecule has 1 N–H and O–H groups in total. The number of anilines is 3. The predicted octanol–water partition coefficient (Wildman–Crippen LogP) is 3.84. The number of piperidine rings is 1. The van der Waals surface area contributed by atoms with Crippen LogP contribution in [0.15, 0.2) is 30.3 Å². The molecule has 2 aliphatic heterocycles. The SMILES string of the molecule is O=C(Nc1cc(C(F)(F)F)ccc1N1CCOCC1)C1CCN(c2ccc(Cl)nn2)CC1. The Hall–Kier alpha value is -2.59. The Bertz CT molecular complexity index is 943. The first-order valence-corrected chi connectivity index (χ1v) is 10.8. The minimum absolute atomic E-state index is 0.178. The standard InChI is InChI=1S/C21H23ClF3N5O2/c22-18-3-4-19(28-27-18)30-7-5-14(6-8-30)20(31)26-16-13-15(21(23,24)25)1-2-17(16)29-9-11-32-12-10-29/h1-4,13-14H,5-12H2,(H,26,31). The molecule has 2 saturated heterocycles. The van der Waals surface area contributed by atoms with Crippen LogP contribution in [-0.4, -0.2) is 55.5 Å². The lowest BCUT2D eigenvalue weighted by Gasteiger charge is -2.33. The molecule has 1 aromatic heterocycles. The van der Waals surface area contributed by atoms with E-state index < -0.39 is 11.7 Å². The number of aromatic nitrogens is 2. The van der Waals surface area contributed by atoms with E-state index in [-0.39, 0.29) is 17.5 Å². The zero-order valence-corrected chi connectivity index (χ0v) is 18.0. The molecule has 3 heterocycles. The first kappa shape index (κ1) is 22.6. The summed E-state index contributed by atoms with van der Waals surface area (Å²) in [7, 11) is 0. The maximum Gasteiger partial charge on any atom is 0.416 e. The molecule has 0 bridgehead atoms. The van der Waals surface area contributed by atoms with Crippen molar-refractivity contribution in [1.82, 2.24) is 10.2 Å². The Balaban J connectivity index is 1.46. The fraction of sp³-hybridized carbons (Fsp3) is 0.476. The van der Waals surface area contributed by atoms with E-state index >= 15 is 0 Å². The van der Waals surface area contributed by atoms with Crippen molar-refractivity contribution >= 4 is 34.7 Å². The van der Waals surface area contributed by atoms with Crippen molar-refractivity contribution in [3.05, 3.63) is 41.0 Å². The number of nitrogens with zero attached hydrogens (tertiary/aromatic N) is 4. The fourth-order valence-corrected chi connectivity index (χ4v) is 4.08. The van der Waals surface area contributed by atoms with Crippen molar-refractivity contribution in [2.75, 3.05) is 54.5 Å². The van der Waals surface area contributed by atoms with E-state index in [1.807, 2.05) is 9.80 Å². The Labute approximate surface area is 188 Å². The lowest BCUT2D eigenvalue weighted by molar-refractivity contribution is -0.137. The van der Waals surface area contributed by atoms with Crippen molar-refractivity contribution in [2.24, 2.45) is 5.92 Å². The minimum atomic E-state index is -4.49. The van der Waals surface area contributed by atoms with E-state index in [1.165, 1.54) is 6.07 Å². The third-order valence-electron chi connectivity index (χ3n) is 5.74. The largest absolute Gasteiger partial charge is 0.416 e. The van der Waals surface area contributed by atoms with Crippen LogP contribution in [0.2, 0.25) is 5.15 Å². The van der Waals surface area contributed by atoms with Crippen LogP contribution in [0.4, 0.5) is 30.4 Å². The third-order valence-corrected chi connectivity index (χ3v) is 5.94. The smallest absolute Gasteiger partial charge is 0.378 e. The Morgan fingerprint density at radius 3 is 2.38 bits per heavy atom. The van der Waals surface area contributed by atoms with Gasteiger partial charge in [-0.15, -0.1) is 10.2 Å². The monoisotopic (exact) mass is 469 g/mol. The summed E-state index contributed by atoms with van der Waals surface area (Å²) in [5.41, 5.74) is -0.0396. The summed E-state index contributed by atoms with van der Waals surface area (Å²) in [5.74, 6) is 0.0972. The third kappa shape index (κ3) is 5.24. The highest BCUT2D eigenvalue weighted by Crippen LogP contribution is 2.36. The van der Waals surface area contributed by atoms with Crippen LogP contribution in [0.25, 0.3) is 0 Å². The van der Waals surface area contributed by atoms with E-state index in [4.69, 9.17) is 16.3 Å². The summed E-state index contributed by atoms with van der Waals surface area (Å²) < 4.78 is 45.2. The second-order valence-corrected chi connectivity index (χ2v) is 8.18. The van der Waals surface area contributed by atoms with Gasteiger partial charge >= 0.3 is 6.18 Å². The average Bonchev–Trinajstić information content (AvgIpc) is 2.79. The highest BCUT2D eigenvalue weighted by Gasteiger charge is 2.33. The summed E-state index contributed by atoms with van der Waals surface area (Å²) in [6.07, 6.45) is -3.38. The van der Waals surface area contributed by atoms with Gasteiger partial charge in [0, 0.05) is 32.1 Å². The Morgan fingerprint density at radius 1 is 1.03 bits per heavy atom. The van der Waals surface area contributed by atoms with E-state index in [0.717, 1.165) is 12.1 Å². The number of halogens is 4. The molecule has 1 aromatic carbocycles. The second kappa shape index (κ2) is 9.50. The van der Waals surface area contributed by atoms with Crippen LogP contribution in [0.3, 0.4) is 0 Å². The summed E-state index contributed by atoms with van der Waals surface area (Å²) in [6.45, 7) is 3.26. The molecule has 32 heavy (non-hydrogen) atoms. The second-order valence-electron chi connectivity index (χ2n) is 7.79. The molecule has 172 valence electrons. The van der Waals surface area contributed by atoms with Crippen molar-refractivity contribution in [3.63, 3.8) is 0 Å². The van der Waals surface area contributed by atoms with Crippen LogP contribution >= 0.6 is 11.6 Å². The molecule has 0 spiro atoms. The molecular formula is C21H23ClF3N5O2. The van der Waals surface area contributed by atoms with E-state index in [1.54, 1.807) is 12.1 Å². The van der Waals surface area contributed by atoms with Crippen molar-refractivity contribution in [1.29, 1.82) is 0 Å². The topological polar surface area (TPSA) is 70.6 Å². The normalized spacial score (nSPS) is 18.0. The molecule has 4 rings (SSSR count). The van der Waals surface area contributed by atoms with Gasteiger partial charge < -0.3 is 19.9 Å². The Morgan fingerprint density at radius 2 is 1.75 bits per heavy atom. The number of carbonyl (C=O) groups excluding carboxylic acids is 1. The molecule has 2 aliphatic rings. The molecule has 7 nitrogen and oxygen atoms in total. The number of hydrogen-bond donors (Lipinski definition) is 1. The van der Waals surface area contributed by atoms with Gasteiger partial charge in [0.2, 0.25) is 5.91 Å². The molecule has 0 radical (unpaired) electrons. The number of ether oxygens (including phenoxy) is 1. The predicted molar refractivity (Wildman–Crippen MR) is 115 cm³/mol. The number of nitrogens with one attached hydrogen (secondary N) is 1. The number of carbonyl (C=O) groups is 1. The number of hydrogen-bond acceptors (Lipinski definition) is 6. The fourth-order valence-electron chi connectivity index (χ4n) is 3.98. The lowest BCUT2D eigenvalue weighted by Crippen LogP contribution is -2.39. The molecule has 2 fully saturated rings. The van der Waals surface area contributed by atoms with Gasteiger partial charge in [-0.1, -0.05) is 11.6 Å². The first-order chi connectivity index (χ1) is 15.3. The minimum Gasteiger partial charge on any atom is -0.378 e. The summed E-state index contributed by atoms with van der Waals surface area (Å²) in [5, 5.41) is 11.0. The van der Waals surface area contributed by atoms with Crippen LogP contribution in [0.1, 0.15) is 18.4 Å². The molecule has 0 atom stereocenters. The Kier molecular flexibility index (Phi) is 6.71. The van der Waals surface area contributed by atoms with Gasteiger partial charge in [0.05, 0.1) is 30.2 Å².